The van der Waals surface area contributed by atoms with E-state index in [9.17, 15) is 9.59 Å². The van der Waals surface area contributed by atoms with Gasteiger partial charge in [0.15, 0.2) is 0 Å². The number of rotatable bonds is 3. The minimum Gasteiger partial charge on any atom is -0.366 e. The number of aryl methyl sites for hydroxylation is 1. The lowest BCUT2D eigenvalue weighted by Gasteiger charge is -2.30. The van der Waals surface area contributed by atoms with Gasteiger partial charge in [0.05, 0.1) is 0 Å². The Labute approximate surface area is 178 Å². The van der Waals surface area contributed by atoms with Gasteiger partial charge >= 0.3 is 0 Å². The fourth-order valence-electron chi connectivity index (χ4n) is 3.62. The predicted molar refractivity (Wildman–Crippen MR) is 117 cm³/mol. The Bertz CT molecular complexity index is 1110. The zero-order valence-corrected chi connectivity index (χ0v) is 17.0. The molecule has 0 fully saturated rings. The fraction of sp³-hybridized carbons (Fsp3) is 0.130. The monoisotopic (exact) mass is 424 g/mol. The molecular weight excluding hydrogens is 407 g/mol. The molecule has 6 heteroatoms. The van der Waals surface area contributed by atoms with Gasteiger partial charge in [-0.3, -0.25) is 9.59 Å². The van der Waals surface area contributed by atoms with Gasteiger partial charge in [0.1, 0.15) is 0 Å². The first-order chi connectivity index (χ1) is 13.9. The van der Waals surface area contributed by atoms with E-state index in [4.69, 9.17) is 28.9 Å². The summed E-state index contributed by atoms with van der Waals surface area (Å²) < 4.78 is 0. The molecule has 0 saturated heterocycles. The normalized spacial score (nSPS) is 13.1. The number of carbonyl (C=O) groups is 2. The molecule has 1 aliphatic heterocycles. The van der Waals surface area contributed by atoms with Crippen molar-refractivity contribution in [2.75, 3.05) is 11.4 Å². The Hall–Kier alpha value is -2.82. The largest absolute Gasteiger partial charge is 0.366 e. The van der Waals surface area contributed by atoms with Gasteiger partial charge in [-0.15, -0.1) is 0 Å². The van der Waals surface area contributed by atoms with E-state index in [1.807, 2.05) is 18.2 Å². The summed E-state index contributed by atoms with van der Waals surface area (Å²) in [4.78, 5) is 26.3. The second kappa shape index (κ2) is 7.90. The summed E-state index contributed by atoms with van der Waals surface area (Å²) in [6.07, 6.45) is 1.73. The number of amides is 2. The van der Waals surface area contributed by atoms with Gasteiger partial charge in [-0.05, 0) is 78.6 Å². The van der Waals surface area contributed by atoms with Crippen molar-refractivity contribution in [3.8, 4) is 11.1 Å². The molecule has 2 amide bonds. The van der Waals surface area contributed by atoms with Crippen molar-refractivity contribution in [2.24, 2.45) is 5.73 Å². The maximum atomic E-state index is 13.0. The quantitative estimate of drug-likeness (QED) is 0.615. The molecule has 0 aromatic heterocycles. The summed E-state index contributed by atoms with van der Waals surface area (Å²) in [5.74, 6) is -0.551. The number of nitrogens with two attached hydrogens (primary N) is 1. The van der Waals surface area contributed by atoms with Gasteiger partial charge < -0.3 is 10.6 Å². The minimum absolute atomic E-state index is 0.0517. The molecule has 4 rings (SSSR count). The van der Waals surface area contributed by atoms with Crippen LogP contribution >= 0.6 is 23.2 Å². The third-order valence-corrected chi connectivity index (χ3v) is 5.68. The minimum atomic E-state index is -0.499. The maximum absolute atomic E-state index is 13.0. The number of carbonyl (C=O) groups excluding carboxylic acids is 2. The molecule has 3 aromatic carbocycles. The molecular formula is C23H18Cl2N2O2. The highest BCUT2D eigenvalue weighted by Gasteiger charge is 2.24. The molecule has 0 unspecified atom stereocenters. The van der Waals surface area contributed by atoms with Crippen molar-refractivity contribution in [3.05, 3.63) is 87.4 Å². The predicted octanol–water partition coefficient (Wildman–Crippen LogP) is 5.35. The Morgan fingerprint density at radius 2 is 1.62 bits per heavy atom. The number of nitrogens with zero attached hydrogens (tertiary/aromatic N) is 1. The molecule has 29 heavy (non-hydrogen) atoms. The van der Waals surface area contributed by atoms with Crippen LogP contribution in [0.4, 0.5) is 5.69 Å². The SMILES string of the molecule is NC(=O)c1ccc(Cl)c(-c2ccc3c(c2)CCCN3C(=O)c2ccc(Cl)cc2)c1. The van der Waals surface area contributed by atoms with E-state index in [-0.39, 0.29) is 5.91 Å². The molecule has 4 nitrogen and oxygen atoms in total. The van der Waals surface area contributed by atoms with Crippen LogP contribution in [-0.2, 0) is 6.42 Å². The number of benzene rings is 3. The van der Waals surface area contributed by atoms with E-state index < -0.39 is 5.91 Å². The maximum Gasteiger partial charge on any atom is 0.258 e. The highest BCUT2D eigenvalue weighted by molar-refractivity contribution is 6.33. The van der Waals surface area contributed by atoms with Crippen molar-refractivity contribution in [1.29, 1.82) is 0 Å². The number of halogens is 2. The summed E-state index contributed by atoms with van der Waals surface area (Å²) >= 11 is 12.3. The molecule has 0 radical (unpaired) electrons. The molecule has 2 N–H and O–H groups in total. The van der Waals surface area contributed by atoms with Crippen molar-refractivity contribution < 1.29 is 9.59 Å². The Kier molecular flexibility index (Phi) is 5.31. The molecule has 0 spiro atoms. The second-order valence-corrected chi connectivity index (χ2v) is 7.81. The third kappa shape index (κ3) is 3.86. The molecule has 146 valence electrons. The van der Waals surface area contributed by atoms with Crippen LogP contribution in [0.25, 0.3) is 11.1 Å². The third-order valence-electron chi connectivity index (χ3n) is 5.10. The lowest BCUT2D eigenvalue weighted by molar-refractivity contribution is 0.0981. The van der Waals surface area contributed by atoms with Gasteiger partial charge in [-0.2, -0.15) is 0 Å². The van der Waals surface area contributed by atoms with Gasteiger partial charge in [0, 0.05) is 39.0 Å². The first-order valence-corrected chi connectivity index (χ1v) is 10.00. The number of hydrogen-bond donors (Lipinski definition) is 1. The highest BCUT2D eigenvalue weighted by atomic mass is 35.5. The van der Waals surface area contributed by atoms with Crippen molar-refractivity contribution >= 4 is 40.7 Å². The Morgan fingerprint density at radius 3 is 2.34 bits per heavy atom. The first kappa shape index (κ1) is 19.5. The van der Waals surface area contributed by atoms with Gasteiger partial charge in [-0.1, -0.05) is 29.3 Å². The van der Waals surface area contributed by atoms with Crippen LogP contribution in [0.5, 0.6) is 0 Å². The van der Waals surface area contributed by atoms with E-state index in [0.29, 0.717) is 27.7 Å². The number of anilines is 1. The van der Waals surface area contributed by atoms with Crippen LogP contribution in [0.15, 0.2) is 60.7 Å². The van der Waals surface area contributed by atoms with Crippen molar-refractivity contribution in [1.82, 2.24) is 0 Å². The van der Waals surface area contributed by atoms with Crippen LogP contribution in [0, 0.1) is 0 Å². The van der Waals surface area contributed by atoms with E-state index >= 15 is 0 Å². The van der Waals surface area contributed by atoms with Crippen molar-refractivity contribution in [3.63, 3.8) is 0 Å². The number of fused-ring (bicyclic) bond motifs is 1. The lowest BCUT2D eigenvalue weighted by atomic mass is 9.95. The molecule has 1 heterocycles. The van der Waals surface area contributed by atoms with E-state index in [0.717, 1.165) is 35.2 Å². The standard InChI is InChI=1S/C23H18Cl2N2O2/c24-18-7-3-14(4-8-18)23(29)27-11-1-2-16-12-15(6-10-21(16)27)19-13-17(22(26)28)5-9-20(19)25/h3-10,12-13H,1-2,11H2,(H2,26,28). The van der Waals surface area contributed by atoms with Crippen LogP contribution in [0.1, 0.15) is 32.7 Å². The molecule has 0 bridgehead atoms. The summed E-state index contributed by atoms with van der Waals surface area (Å²) in [6.45, 7) is 0.658. The van der Waals surface area contributed by atoms with Crippen LogP contribution < -0.4 is 10.6 Å². The van der Waals surface area contributed by atoms with E-state index in [1.165, 1.54) is 0 Å². The van der Waals surface area contributed by atoms with Gasteiger partial charge in [-0.25, -0.2) is 0 Å². The van der Waals surface area contributed by atoms with Crippen LogP contribution in [0.3, 0.4) is 0 Å². The summed E-state index contributed by atoms with van der Waals surface area (Å²) in [6, 6.07) is 17.8. The average Bonchev–Trinajstić information content (AvgIpc) is 2.73. The van der Waals surface area contributed by atoms with E-state index in [2.05, 4.69) is 0 Å². The smallest absolute Gasteiger partial charge is 0.258 e. The molecule has 0 saturated carbocycles. The van der Waals surface area contributed by atoms with Gasteiger partial charge in [0.25, 0.3) is 5.91 Å². The topological polar surface area (TPSA) is 63.4 Å². The average molecular weight is 425 g/mol. The molecule has 1 aliphatic rings. The summed E-state index contributed by atoms with van der Waals surface area (Å²) in [5, 5.41) is 1.14. The second-order valence-electron chi connectivity index (χ2n) is 6.97. The lowest BCUT2D eigenvalue weighted by Crippen LogP contribution is -2.35. The van der Waals surface area contributed by atoms with Crippen molar-refractivity contribution in [2.45, 2.75) is 12.8 Å². The first-order valence-electron chi connectivity index (χ1n) is 9.24. The van der Waals surface area contributed by atoms with Crippen LogP contribution in [0.2, 0.25) is 10.0 Å². The fourth-order valence-corrected chi connectivity index (χ4v) is 3.98. The molecule has 3 aromatic rings. The summed E-state index contributed by atoms with van der Waals surface area (Å²) in [5.41, 5.74) is 9.99. The molecule has 0 aliphatic carbocycles. The zero-order chi connectivity index (χ0) is 20.5. The Morgan fingerprint density at radius 1 is 0.897 bits per heavy atom. The Balaban J connectivity index is 1.71. The molecule has 0 atom stereocenters. The highest BCUT2D eigenvalue weighted by Crippen LogP contribution is 2.35. The zero-order valence-electron chi connectivity index (χ0n) is 15.5. The van der Waals surface area contributed by atoms with Gasteiger partial charge in [0.2, 0.25) is 5.91 Å². The van der Waals surface area contributed by atoms with Crippen LogP contribution in [-0.4, -0.2) is 18.4 Å². The van der Waals surface area contributed by atoms with E-state index in [1.54, 1.807) is 47.4 Å². The number of hydrogen-bond acceptors (Lipinski definition) is 2. The summed E-state index contributed by atoms with van der Waals surface area (Å²) in [7, 11) is 0. The number of primary amides is 1.